The summed E-state index contributed by atoms with van der Waals surface area (Å²) in [7, 11) is 4.22. The zero-order valence-electron chi connectivity index (χ0n) is 20.4. The highest BCUT2D eigenvalue weighted by Crippen LogP contribution is 2.31. The Morgan fingerprint density at radius 2 is 1.63 bits per heavy atom. The van der Waals surface area contributed by atoms with E-state index >= 15 is 0 Å². The van der Waals surface area contributed by atoms with Gasteiger partial charge >= 0.3 is 0 Å². The largest absolute Gasteiger partial charge is 0.378 e. The molecule has 0 amide bonds. The van der Waals surface area contributed by atoms with Gasteiger partial charge in [-0.3, -0.25) is 4.57 Å². The van der Waals surface area contributed by atoms with Gasteiger partial charge in [0.25, 0.3) is 6.43 Å². The third-order valence-corrected chi connectivity index (χ3v) is 6.93. The van der Waals surface area contributed by atoms with Crippen molar-refractivity contribution in [2.45, 2.75) is 25.7 Å². The van der Waals surface area contributed by atoms with Crippen LogP contribution in [0, 0.1) is 5.92 Å². The Kier molecular flexibility index (Phi) is 7.10. The van der Waals surface area contributed by atoms with Gasteiger partial charge in [0, 0.05) is 32.2 Å². The molecule has 2 aromatic heterocycles. The number of hydrogen-bond donors (Lipinski definition) is 0. The van der Waals surface area contributed by atoms with Gasteiger partial charge < -0.3 is 19.4 Å². The second kappa shape index (κ2) is 10.4. The molecular weight excluding hydrogens is 452 g/mol. The molecule has 0 radical (unpaired) electrons. The van der Waals surface area contributed by atoms with E-state index in [1.165, 1.54) is 11.0 Å². The molecule has 4 heterocycles. The van der Waals surface area contributed by atoms with E-state index in [2.05, 4.69) is 33.8 Å². The number of rotatable bonds is 7. The Balaban J connectivity index is 1.51. The van der Waals surface area contributed by atoms with Gasteiger partial charge in [-0.1, -0.05) is 12.1 Å². The summed E-state index contributed by atoms with van der Waals surface area (Å²) in [5.74, 6) is 2.11. The number of piperidine rings is 1. The van der Waals surface area contributed by atoms with Crippen LogP contribution in [-0.2, 0) is 4.74 Å². The lowest BCUT2D eigenvalue weighted by atomic mass is 9.93. The first-order valence-corrected chi connectivity index (χ1v) is 12.4. The molecule has 0 atom stereocenters. The zero-order chi connectivity index (χ0) is 24.4. The van der Waals surface area contributed by atoms with Crippen molar-refractivity contribution in [1.29, 1.82) is 0 Å². The molecule has 0 aliphatic carbocycles. The van der Waals surface area contributed by atoms with Gasteiger partial charge in [0.15, 0.2) is 5.82 Å². The van der Waals surface area contributed by atoms with Crippen LogP contribution in [0.1, 0.15) is 31.5 Å². The molecule has 2 aliphatic rings. The van der Waals surface area contributed by atoms with Gasteiger partial charge in [0.1, 0.15) is 11.6 Å². The van der Waals surface area contributed by atoms with E-state index in [1.54, 1.807) is 18.2 Å². The monoisotopic (exact) mass is 485 g/mol. The van der Waals surface area contributed by atoms with Gasteiger partial charge in [-0.15, -0.1) is 0 Å². The van der Waals surface area contributed by atoms with E-state index < -0.39 is 6.43 Å². The maximum atomic E-state index is 14.1. The number of morpholine rings is 1. The van der Waals surface area contributed by atoms with Gasteiger partial charge in [0.05, 0.1) is 24.2 Å². The lowest BCUT2D eigenvalue weighted by Crippen LogP contribution is -2.38. The summed E-state index contributed by atoms with van der Waals surface area (Å²) in [6.45, 7) is 5.51. The number of nitrogens with zero attached hydrogens (tertiary/aromatic N) is 7. The van der Waals surface area contributed by atoms with Crippen molar-refractivity contribution >= 4 is 22.7 Å². The fraction of sp³-hybridized carbons (Fsp3) is 0.560. The number of imidazole rings is 1. The fourth-order valence-corrected chi connectivity index (χ4v) is 4.92. The number of para-hydroxylation sites is 2. The number of ether oxygens (including phenoxy) is 1. The van der Waals surface area contributed by atoms with E-state index in [1.807, 2.05) is 12.1 Å². The van der Waals surface area contributed by atoms with Crippen molar-refractivity contribution in [3.63, 3.8) is 0 Å². The molecule has 0 N–H and O–H groups in total. The maximum absolute atomic E-state index is 14.1. The summed E-state index contributed by atoms with van der Waals surface area (Å²) in [4.78, 5) is 20.4. The summed E-state index contributed by atoms with van der Waals surface area (Å²) >= 11 is 0. The molecule has 2 saturated heterocycles. The number of anilines is 2. The highest BCUT2D eigenvalue weighted by Gasteiger charge is 2.26. The SMILES string of the molecule is CN(C)CCC1CCN(c2cc(N3CCOCC3)nc(-n3c(C(F)F)nc4ccccc43)n2)CC1. The van der Waals surface area contributed by atoms with Crippen molar-refractivity contribution in [3.8, 4) is 5.95 Å². The first-order valence-electron chi connectivity index (χ1n) is 12.4. The third-order valence-electron chi connectivity index (χ3n) is 6.93. The smallest absolute Gasteiger partial charge is 0.296 e. The summed E-state index contributed by atoms with van der Waals surface area (Å²) in [6, 6.07) is 9.14. The number of hydrogen-bond acceptors (Lipinski definition) is 7. The van der Waals surface area contributed by atoms with E-state index in [0.29, 0.717) is 43.3 Å². The predicted molar refractivity (Wildman–Crippen MR) is 133 cm³/mol. The average Bonchev–Trinajstić information content (AvgIpc) is 3.28. The van der Waals surface area contributed by atoms with E-state index in [9.17, 15) is 8.78 Å². The molecule has 188 valence electrons. The van der Waals surface area contributed by atoms with Gasteiger partial charge in [0.2, 0.25) is 5.95 Å². The van der Waals surface area contributed by atoms with Crippen molar-refractivity contribution in [1.82, 2.24) is 24.4 Å². The molecule has 5 rings (SSSR count). The standard InChI is InChI=1S/C25H33F2N7O/c1-31(2)10-7-18-8-11-32(12-9-18)21-17-22(33-13-15-35-16-14-33)30-25(29-21)34-20-6-4-3-5-19(20)28-24(34)23(26)27/h3-6,17-18,23H,7-16H2,1-2H3. The Morgan fingerprint density at radius 1 is 0.971 bits per heavy atom. The molecule has 8 nitrogen and oxygen atoms in total. The Bertz CT molecular complexity index is 1140. The quantitative estimate of drug-likeness (QED) is 0.505. The molecule has 10 heteroatoms. The van der Waals surface area contributed by atoms with Crippen LogP contribution in [0.15, 0.2) is 30.3 Å². The summed E-state index contributed by atoms with van der Waals surface area (Å²) in [5.41, 5.74) is 1.08. The molecule has 0 spiro atoms. The Morgan fingerprint density at radius 3 is 2.29 bits per heavy atom. The number of aromatic nitrogens is 4. The molecule has 0 unspecified atom stereocenters. The lowest BCUT2D eigenvalue weighted by Gasteiger charge is -2.34. The average molecular weight is 486 g/mol. The van der Waals surface area contributed by atoms with Crippen molar-refractivity contribution in [2.75, 3.05) is 69.8 Å². The van der Waals surface area contributed by atoms with Crippen LogP contribution in [0.5, 0.6) is 0 Å². The van der Waals surface area contributed by atoms with Crippen molar-refractivity contribution in [3.05, 3.63) is 36.2 Å². The van der Waals surface area contributed by atoms with E-state index in [0.717, 1.165) is 44.1 Å². The van der Waals surface area contributed by atoms with Crippen LogP contribution in [-0.4, -0.2) is 84.5 Å². The minimum absolute atomic E-state index is 0.239. The van der Waals surface area contributed by atoms with Crippen LogP contribution in [0.3, 0.4) is 0 Å². The second-order valence-electron chi connectivity index (χ2n) is 9.60. The predicted octanol–water partition coefficient (Wildman–Crippen LogP) is 3.76. The zero-order valence-corrected chi connectivity index (χ0v) is 20.4. The molecular formula is C25H33F2N7O. The fourth-order valence-electron chi connectivity index (χ4n) is 4.92. The van der Waals surface area contributed by atoms with Crippen molar-refractivity contribution < 1.29 is 13.5 Å². The molecule has 2 fully saturated rings. The first-order chi connectivity index (χ1) is 17.0. The summed E-state index contributed by atoms with van der Waals surface area (Å²) < 4.78 is 35.0. The van der Waals surface area contributed by atoms with Crippen LogP contribution in [0.4, 0.5) is 20.4 Å². The maximum Gasteiger partial charge on any atom is 0.296 e. The minimum Gasteiger partial charge on any atom is -0.378 e. The van der Waals surface area contributed by atoms with Gasteiger partial charge in [-0.2, -0.15) is 9.97 Å². The number of halogens is 2. The van der Waals surface area contributed by atoms with Gasteiger partial charge in [-0.05, 0) is 58.0 Å². The lowest BCUT2D eigenvalue weighted by molar-refractivity contribution is 0.122. The second-order valence-corrected chi connectivity index (χ2v) is 9.60. The highest BCUT2D eigenvalue weighted by molar-refractivity contribution is 5.78. The summed E-state index contributed by atoms with van der Waals surface area (Å²) in [5, 5.41) is 0. The topological polar surface area (TPSA) is 62.6 Å². The molecule has 1 aromatic carbocycles. The van der Waals surface area contributed by atoms with Crippen LogP contribution in [0.2, 0.25) is 0 Å². The highest BCUT2D eigenvalue weighted by atomic mass is 19.3. The van der Waals surface area contributed by atoms with E-state index in [4.69, 9.17) is 14.7 Å². The third kappa shape index (κ3) is 5.23. The Hall–Kier alpha value is -2.85. The molecule has 0 bridgehead atoms. The number of benzene rings is 1. The van der Waals surface area contributed by atoms with E-state index in [-0.39, 0.29) is 11.8 Å². The van der Waals surface area contributed by atoms with Crippen LogP contribution < -0.4 is 9.80 Å². The molecule has 35 heavy (non-hydrogen) atoms. The van der Waals surface area contributed by atoms with Crippen LogP contribution >= 0.6 is 0 Å². The van der Waals surface area contributed by atoms with Crippen LogP contribution in [0.25, 0.3) is 17.0 Å². The molecule has 3 aromatic rings. The number of alkyl halides is 2. The normalized spacial score (nSPS) is 17.8. The summed E-state index contributed by atoms with van der Waals surface area (Å²) in [6.07, 6.45) is 0.634. The van der Waals surface area contributed by atoms with Crippen molar-refractivity contribution in [2.24, 2.45) is 5.92 Å². The molecule has 0 saturated carbocycles. The van der Waals surface area contributed by atoms with Gasteiger partial charge in [-0.25, -0.2) is 13.8 Å². The molecule has 2 aliphatic heterocycles. The first kappa shape index (κ1) is 23.9. The minimum atomic E-state index is -2.74. The Labute approximate surface area is 204 Å². The number of fused-ring (bicyclic) bond motifs is 1.